The summed E-state index contributed by atoms with van der Waals surface area (Å²) in [6, 6.07) is 0. The molecule has 0 amide bonds. The first-order chi connectivity index (χ1) is 11.5. The van der Waals surface area contributed by atoms with Gasteiger partial charge in [0.1, 0.15) is 12.3 Å². The number of aliphatic hydroxyl groups is 2. The van der Waals surface area contributed by atoms with Gasteiger partial charge in [-0.1, -0.05) is 6.08 Å². The molecule has 0 unspecified atom stereocenters. The van der Waals surface area contributed by atoms with Gasteiger partial charge in [-0.3, -0.25) is 4.57 Å². The summed E-state index contributed by atoms with van der Waals surface area (Å²) >= 11 is 0. The van der Waals surface area contributed by atoms with Crippen molar-refractivity contribution in [3.63, 3.8) is 0 Å². The van der Waals surface area contributed by atoms with Crippen LogP contribution in [-0.4, -0.2) is 55.2 Å². The number of aromatic nitrogens is 4. The zero-order valence-corrected chi connectivity index (χ0v) is 13.6. The number of aliphatic hydroxyl groups excluding tert-OH is 2. The largest absolute Gasteiger partial charge is 0.476 e. The van der Waals surface area contributed by atoms with Crippen molar-refractivity contribution < 1.29 is 19.7 Å². The van der Waals surface area contributed by atoms with E-state index in [0.29, 0.717) is 17.8 Å². The molecule has 4 atom stereocenters. The van der Waals surface area contributed by atoms with E-state index in [4.69, 9.17) is 15.2 Å². The Morgan fingerprint density at radius 3 is 2.92 bits per heavy atom. The molecule has 0 aliphatic carbocycles. The second kappa shape index (κ2) is 6.00. The maximum Gasteiger partial charge on any atom is 0.247 e. The molecule has 1 aliphatic rings. The van der Waals surface area contributed by atoms with Crippen LogP contribution in [0.1, 0.15) is 20.1 Å². The summed E-state index contributed by atoms with van der Waals surface area (Å²) in [6.07, 6.45) is 0.822. The van der Waals surface area contributed by atoms with Gasteiger partial charge in [0.05, 0.1) is 31.1 Å². The normalized spacial score (nSPS) is 29.9. The second-order valence-electron chi connectivity index (χ2n) is 5.87. The fraction of sp³-hybridized carbons (Fsp3) is 0.533. The number of ether oxygens (including phenoxy) is 2. The summed E-state index contributed by atoms with van der Waals surface area (Å²) in [5.74, 6) is 0.335. The maximum atomic E-state index is 10.5. The highest BCUT2D eigenvalue weighted by atomic mass is 16.5. The minimum Gasteiger partial charge on any atom is -0.476 e. The molecule has 3 heterocycles. The third-order valence-electron chi connectivity index (χ3n) is 4.39. The van der Waals surface area contributed by atoms with Crippen LogP contribution in [0.3, 0.4) is 0 Å². The quantitative estimate of drug-likeness (QED) is 0.663. The van der Waals surface area contributed by atoms with Gasteiger partial charge in [0.2, 0.25) is 11.8 Å². The molecule has 9 nitrogen and oxygen atoms in total. The van der Waals surface area contributed by atoms with Crippen LogP contribution in [0.4, 0.5) is 5.95 Å². The van der Waals surface area contributed by atoms with Crippen LogP contribution in [0.25, 0.3) is 11.2 Å². The summed E-state index contributed by atoms with van der Waals surface area (Å²) in [5.41, 5.74) is 5.80. The molecule has 9 heteroatoms. The van der Waals surface area contributed by atoms with Crippen LogP contribution < -0.4 is 10.5 Å². The lowest BCUT2D eigenvalue weighted by atomic mass is 9.82. The van der Waals surface area contributed by atoms with Gasteiger partial charge in [-0.05, 0) is 13.8 Å². The van der Waals surface area contributed by atoms with Crippen LogP contribution >= 0.6 is 0 Å². The molecule has 0 radical (unpaired) electrons. The van der Waals surface area contributed by atoms with E-state index in [2.05, 4.69) is 21.5 Å². The number of rotatable bonds is 5. The topological polar surface area (TPSA) is 129 Å². The lowest BCUT2D eigenvalue weighted by molar-refractivity contribution is -0.0473. The molecule has 0 bridgehead atoms. The fourth-order valence-corrected chi connectivity index (χ4v) is 2.98. The van der Waals surface area contributed by atoms with Gasteiger partial charge in [-0.25, -0.2) is 4.98 Å². The van der Waals surface area contributed by atoms with E-state index in [1.54, 1.807) is 17.6 Å². The van der Waals surface area contributed by atoms with Gasteiger partial charge in [0.25, 0.3) is 0 Å². The van der Waals surface area contributed by atoms with Crippen molar-refractivity contribution in [2.24, 2.45) is 5.41 Å². The van der Waals surface area contributed by atoms with Crippen LogP contribution in [0, 0.1) is 5.41 Å². The Morgan fingerprint density at radius 2 is 2.29 bits per heavy atom. The van der Waals surface area contributed by atoms with Crippen molar-refractivity contribution >= 4 is 17.1 Å². The highest BCUT2D eigenvalue weighted by molar-refractivity contribution is 5.77. The Kier molecular flexibility index (Phi) is 4.16. The predicted molar refractivity (Wildman–Crippen MR) is 86.2 cm³/mol. The number of nitrogens with zero attached hydrogens (tertiary/aromatic N) is 4. The first-order valence-corrected chi connectivity index (χ1v) is 7.67. The average molecular weight is 335 g/mol. The van der Waals surface area contributed by atoms with Crippen LogP contribution in [0.5, 0.6) is 5.88 Å². The standard InChI is InChI=1S/C15H21N5O4/c1-4-15(3)10(22)8(6-21)24-13(15)20-7-17-9-11(20)18-14(16)19-12(9)23-5-2/h4,7-8,10,13,21-22H,1,5-6H2,2-3H3,(H2,16,18,19)/t8-,10-,13-,15-/m1/s1. The molecule has 4 N–H and O–H groups in total. The SMILES string of the molecule is C=C[C@]1(C)[C@H](O)[C@@H](CO)O[C@H]1n1cnc2c(OCC)nc(N)nc21. The summed E-state index contributed by atoms with van der Waals surface area (Å²) in [7, 11) is 0. The van der Waals surface area contributed by atoms with Crippen LogP contribution in [0.2, 0.25) is 0 Å². The van der Waals surface area contributed by atoms with E-state index < -0.39 is 23.9 Å². The second-order valence-corrected chi connectivity index (χ2v) is 5.87. The molecule has 1 fully saturated rings. The van der Waals surface area contributed by atoms with Gasteiger partial charge in [-0.2, -0.15) is 9.97 Å². The molecule has 2 aromatic heterocycles. The van der Waals surface area contributed by atoms with Crippen molar-refractivity contribution in [3.05, 3.63) is 19.0 Å². The molecule has 0 aromatic carbocycles. The number of nitrogens with two attached hydrogens (primary N) is 1. The third-order valence-corrected chi connectivity index (χ3v) is 4.39. The first kappa shape index (κ1) is 16.6. The van der Waals surface area contributed by atoms with Crippen molar-refractivity contribution in [2.75, 3.05) is 18.9 Å². The number of hydrogen-bond donors (Lipinski definition) is 3. The predicted octanol–water partition coefficient (Wildman–Crippen LogP) is 0.250. The van der Waals surface area contributed by atoms with E-state index in [1.807, 2.05) is 6.92 Å². The Labute approximate surface area is 138 Å². The smallest absolute Gasteiger partial charge is 0.247 e. The van der Waals surface area contributed by atoms with Gasteiger partial charge >= 0.3 is 0 Å². The molecule has 24 heavy (non-hydrogen) atoms. The summed E-state index contributed by atoms with van der Waals surface area (Å²) in [5, 5.41) is 19.9. The van der Waals surface area contributed by atoms with Crippen LogP contribution in [0.15, 0.2) is 19.0 Å². The average Bonchev–Trinajstić information content (AvgIpc) is 3.08. The van der Waals surface area contributed by atoms with E-state index in [0.717, 1.165) is 0 Å². The highest BCUT2D eigenvalue weighted by Crippen LogP contribution is 2.47. The van der Waals surface area contributed by atoms with Gasteiger partial charge in [0, 0.05) is 0 Å². The summed E-state index contributed by atoms with van der Waals surface area (Å²) in [6.45, 7) is 7.53. The summed E-state index contributed by atoms with van der Waals surface area (Å²) < 4.78 is 12.9. The molecule has 0 spiro atoms. The minimum absolute atomic E-state index is 0.0465. The molecule has 2 aromatic rings. The van der Waals surface area contributed by atoms with E-state index in [-0.39, 0.29) is 18.4 Å². The van der Waals surface area contributed by atoms with Crippen LogP contribution in [-0.2, 0) is 4.74 Å². The molecule has 0 saturated carbocycles. The molecule has 3 rings (SSSR count). The fourth-order valence-electron chi connectivity index (χ4n) is 2.98. The van der Waals surface area contributed by atoms with E-state index in [1.165, 1.54) is 6.33 Å². The summed E-state index contributed by atoms with van der Waals surface area (Å²) in [4.78, 5) is 12.6. The van der Waals surface area contributed by atoms with Gasteiger partial charge < -0.3 is 25.4 Å². The van der Waals surface area contributed by atoms with E-state index >= 15 is 0 Å². The number of hydrogen-bond acceptors (Lipinski definition) is 8. The lowest BCUT2D eigenvalue weighted by Gasteiger charge is -2.29. The van der Waals surface area contributed by atoms with Crippen molar-refractivity contribution in [2.45, 2.75) is 32.3 Å². The monoisotopic (exact) mass is 335 g/mol. The van der Waals surface area contributed by atoms with Crippen molar-refractivity contribution in [1.82, 2.24) is 19.5 Å². The number of fused-ring (bicyclic) bond motifs is 1. The van der Waals surface area contributed by atoms with Crippen molar-refractivity contribution in [1.29, 1.82) is 0 Å². The van der Waals surface area contributed by atoms with E-state index in [9.17, 15) is 10.2 Å². The molecule has 1 aliphatic heterocycles. The molecular weight excluding hydrogens is 314 g/mol. The number of anilines is 1. The third kappa shape index (κ3) is 2.32. The Morgan fingerprint density at radius 1 is 1.54 bits per heavy atom. The Bertz CT molecular complexity index is 764. The Balaban J connectivity index is 2.14. The molecular formula is C15H21N5O4. The highest BCUT2D eigenvalue weighted by Gasteiger charge is 2.52. The molecule has 130 valence electrons. The zero-order chi connectivity index (χ0) is 17.5. The maximum absolute atomic E-state index is 10.5. The molecule has 1 saturated heterocycles. The van der Waals surface area contributed by atoms with Gasteiger partial charge in [0.15, 0.2) is 11.2 Å². The van der Waals surface area contributed by atoms with Crippen molar-refractivity contribution in [3.8, 4) is 5.88 Å². The minimum atomic E-state index is -0.923. The number of imidazole rings is 1. The lowest BCUT2D eigenvalue weighted by Crippen LogP contribution is -2.36. The number of nitrogen functional groups attached to an aromatic ring is 1. The zero-order valence-electron chi connectivity index (χ0n) is 13.6. The first-order valence-electron chi connectivity index (χ1n) is 7.67. The Hall–Kier alpha value is -2.23. The van der Waals surface area contributed by atoms with Gasteiger partial charge in [-0.15, -0.1) is 6.58 Å².